The van der Waals surface area contributed by atoms with Gasteiger partial charge in [-0.2, -0.15) is 0 Å². The van der Waals surface area contributed by atoms with E-state index < -0.39 is 6.04 Å². The summed E-state index contributed by atoms with van der Waals surface area (Å²) in [4.78, 5) is 24.6. The second kappa shape index (κ2) is 5.70. The van der Waals surface area contributed by atoms with E-state index in [-0.39, 0.29) is 18.4 Å². The minimum absolute atomic E-state index is 0.0100. The van der Waals surface area contributed by atoms with Crippen LogP contribution in [0.2, 0.25) is 0 Å². The van der Waals surface area contributed by atoms with Crippen molar-refractivity contribution in [3.05, 3.63) is 0 Å². The van der Waals surface area contributed by atoms with Gasteiger partial charge in [0, 0.05) is 13.1 Å². The van der Waals surface area contributed by atoms with Gasteiger partial charge >= 0.3 is 0 Å². The Kier molecular flexibility index (Phi) is 4.55. The Morgan fingerprint density at radius 2 is 2.00 bits per heavy atom. The first-order chi connectivity index (χ1) is 7.15. The van der Waals surface area contributed by atoms with Crippen LogP contribution >= 0.6 is 0 Å². The van der Waals surface area contributed by atoms with Crippen molar-refractivity contribution in [2.45, 2.75) is 32.2 Å². The molecular formula is C10H19N3O2. The molecule has 0 unspecified atom stereocenters. The van der Waals surface area contributed by atoms with E-state index in [2.05, 4.69) is 5.32 Å². The zero-order valence-electron chi connectivity index (χ0n) is 9.16. The van der Waals surface area contributed by atoms with E-state index in [1.165, 1.54) is 0 Å². The van der Waals surface area contributed by atoms with Crippen molar-refractivity contribution in [3.8, 4) is 0 Å². The number of hydrogen-bond acceptors (Lipinski definition) is 3. The van der Waals surface area contributed by atoms with Gasteiger partial charge in [-0.3, -0.25) is 9.59 Å². The van der Waals surface area contributed by atoms with Gasteiger partial charge in [-0.05, 0) is 19.3 Å². The summed E-state index contributed by atoms with van der Waals surface area (Å²) in [5, 5.41) is 2.55. The van der Waals surface area contributed by atoms with Crippen molar-refractivity contribution in [1.29, 1.82) is 0 Å². The average Bonchev–Trinajstić information content (AvgIpc) is 2.77. The topological polar surface area (TPSA) is 75.4 Å². The molecule has 1 atom stereocenters. The zero-order valence-corrected chi connectivity index (χ0v) is 9.16. The number of likely N-dealkylation sites (tertiary alicyclic amines) is 1. The molecule has 0 bridgehead atoms. The van der Waals surface area contributed by atoms with Crippen LogP contribution in [0.15, 0.2) is 0 Å². The molecule has 0 saturated carbocycles. The Morgan fingerprint density at radius 3 is 2.53 bits per heavy atom. The Balaban J connectivity index is 2.24. The van der Waals surface area contributed by atoms with Gasteiger partial charge in [0.2, 0.25) is 11.8 Å². The third kappa shape index (κ3) is 3.51. The normalized spacial score (nSPS) is 17.6. The highest BCUT2D eigenvalue weighted by Crippen LogP contribution is 2.06. The maximum atomic E-state index is 11.5. The summed E-state index contributed by atoms with van der Waals surface area (Å²) in [6, 6.07) is -0.503. The minimum atomic E-state index is -0.503. The van der Waals surface area contributed by atoms with E-state index in [0.717, 1.165) is 25.9 Å². The molecule has 1 aliphatic heterocycles. The molecule has 5 heteroatoms. The van der Waals surface area contributed by atoms with Crippen LogP contribution in [0.4, 0.5) is 0 Å². The van der Waals surface area contributed by atoms with Crippen LogP contribution in [0.25, 0.3) is 0 Å². The molecule has 1 rings (SSSR count). The second-order valence-corrected chi connectivity index (χ2v) is 3.82. The Labute approximate surface area is 90.0 Å². The first-order valence-electron chi connectivity index (χ1n) is 5.46. The lowest BCUT2D eigenvalue weighted by molar-refractivity contribution is -0.132. The van der Waals surface area contributed by atoms with E-state index >= 15 is 0 Å². The maximum absolute atomic E-state index is 11.5. The number of carbonyl (C=O) groups is 2. The molecule has 1 heterocycles. The van der Waals surface area contributed by atoms with Gasteiger partial charge in [0.05, 0.1) is 12.6 Å². The quantitative estimate of drug-likeness (QED) is 0.658. The van der Waals surface area contributed by atoms with Crippen LogP contribution in [0.1, 0.15) is 26.2 Å². The first kappa shape index (κ1) is 12.0. The van der Waals surface area contributed by atoms with Crippen molar-refractivity contribution >= 4 is 11.8 Å². The van der Waals surface area contributed by atoms with Crippen LogP contribution in [-0.4, -0.2) is 42.4 Å². The highest BCUT2D eigenvalue weighted by atomic mass is 16.2. The van der Waals surface area contributed by atoms with Gasteiger partial charge in [-0.15, -0.1) is 0 Å². The third-order valence-electron chi connectivity index (χ3n) is 2.65. The number of nitrogens with zero attached hydrogens (tertiary/aromatic N) is 1. The van der Waals surface area contributed by atoms with Crippen LogP contribution < -0.4 is 11.1 Å². The number of rotatable bonds is 4. The lowest BCUT2D eigenvalue weighted by atomic mass is 10.2. The molecule has 1 fully saturated rings. The molecule has 0 aromatic carbocycles. The van der Waals surface area contributed by atoms with E-state index in [4.69, 9.17) is 5.73 Å². The molecule has 5 nitrogen and oxygen atoms in total. The predicted octanol–water partition coefficient (Wildman–Crippen LogP) is -0.538. The van der Waals surface area contributed by atoms with Gasteiger partial charge in [0.1, 0.15) is 0 Å². The number of amides is 2. The fourth-order valence-corrected chi connectivity index (χ4v) is 1.56. The highest BCUT2D eigenvalue weighted by molar-refractivity contribution is 5.87. The lowest BCUT2D eigenvalue weighted by Gasteiger charge is -2.16. The van der Waals surface area contributed by atoms with Crippen molar-refractivity contribution < 1.29 is 9.59 Å². The van der Waals surface area contributed by atoms with Crippen LogP contribution in [0.5, 0.6) is 0 Å². The summed E-state index contributed by atoms with van der Waals surface area (Å²) in [7, 11) is 0. The molecule has 86 valence electrons. The van der Waals surface area contributed by atoms with Crippen LogP contribution in [0, 0.1) is 0 Å². The zero-order chi connectivity index (χ0) is 11.3. The number of nitrogens with two attached hydrogens (primary N) is 1. The molecule has 15 heavy (non-hydrogen) atoms. The molecule has 0 spiro atoms. The summed E-state index contributed by atoms with van der Waals surface area (Å²) < 4.78 is 0. The molecule has 0 aromatic heterocycles. The van der Waals surface area contributed by atoms with Crippen molar-refractivity contribution in [3.63, 3.8) is 0 Å². The van der Waals surface area contributed by atoms with Gasteiger partial charge in [-0.25, -0.2) is 0 Å². The predicted molar refractivity (Wildman–Crippen MR) is 57.1 cm³/mol. The molecule has 2 amide bonds. The summed E-state index contributed by atoms with van der Waals surface area (Å²) in [5.74, 6) is -0.255. The second-order valence-electron chi connectivity index (χ2n) is 3.82. The van der Waals surface area contributed by atoms with Crippen molar-refractivity contribution in [2.24, 2.45) is 5.73 Å². The molecule has 0 radical (unpaired) electrons. The average molecular weight is 213 g/mol. The van der Waals surface area contributed by atoms with E-state index in [1.54, 1.807) is 4.90 Å². The van der Waals surface area contributed by atoms with Gasteiger partial charge in [0.25, 0.3) is 0 Å². The van der Waals surface area contributed by atoms with E-state index in [9.17, 15) is 9.59 Å². The fraction of sp³-hybridized carbons (Fsp3) is 0.800. The monoisotopic (exact) mass is 213 g/mol. The molecule has 1 saturated heterocycles. The Bertz CT molecular complexity index is 237. The fourth-order valence-electron chi connectivity index (χ4n) is 1.56. The van der Waals surface area contributed by atoms with Crippen molar-refractivity contribution in [1.82, 2.24) is 10.2 Å². The molecule has 3 N–H and O–H groups in total. The van der Waals surface area contributed by atoms with Gasteiger partial charge < -0.3 is 16.0 Å². The van der Waals surface area contributed by atoms with Crippen LogP contribution in [-0.2, 0) is 9.59 Å². The molecular weight excluding hydrogens is 194 g/mol. The largest absolute Gasteiger partial charge is 0.346 e. The molecule has 0 aromatic rings. The van der Waals surface area contributed by atoms with Gasteiger partial charge in [0.15, 0.2) is 0 Å². The smallest absolute Gasteiger partial charge is 0.241 e. The third-order valence-corrected chi connectivity index (χ3v) is 2.65. The molecule has 1 aliphatic rings. The Morgan fingerprint density at radius 1 is 1.40 bits per heavy atom. The highest BCUT2D eigenvalue weighted by Gasteiger charge is 2.19. The maximum Gasteiger partial charge on any atom is 0.241 e. The van der Waals surface area contributed by atoms with Gasteiger partial charge in [-0.1, -0.05) is 6.92 Å². The minimum Gasteiger partial charge on any atom is -0.346 e. The Hall–Kier alpha value is -1.10. The van der Waals surface area contributed by atoms with E-state index in [1.807, 2.05) is 6.92 Å². The number of nitrogens with one attached hydrogen (secondary N) is 1. The van der Waals surface area contributed by atoms with Crippen LogP contribution in [0.3, 0.4) is 0 Å². The SMILES string of the molecule is CC[C@@H](N)C(=O)NCC(=O)N1CCCC1. The van der Waals surface area contributed by atoms with Crippen molar-refractivity contribution in [2.75, 3.05) is 19.6 Å². The summed E-state index contributed by atoms with van der Waals surface area (Å²) in [6.07, 6.45) is 2.71. The molecule has 0 aliphatic carbocycles. The summed E-state index contributed by atoms with van der Waals surface area (Å²) >= 11 is 0. The number of hydrogen-bond donors (Lipinski definition) is 2. The lowest BCUT2D eigenvalue weighted by Crippen LogP contribution is -2.45. The summed E-state index contributed by atoms with van der Waals surface area (Å²) in [5.41, 5.74) is 5.52. The van der Waals surface area contributed by atoms with E-state index in [0.29, 0.717) is 6.42 Å². The standard InChI is InChI=1S/C10H19N3O2/c1-2-8(11)10(15)12-7-9(14)13-5-3-4-6-13/h8H,2-7,11H2,1H3,(H,12,15)/t8-/m1/s1. The summed E-state index contributed by atoms with van der Waals surface area (Å²) in [6.45, 7) is 3.54. The number of carbonyl (C=O) groups excluding carboxylic acids is 2. The first-order valence-corrected chi connectivity index (χ1v) is 5.46.